The van der Waals surface area contributed by atoms with E-state index in [0.717, 1.165) is 6.92 Å². The van der Waals surface area contributed by atoms with Gasteiger partial charge in [-0.15, -0.1) is 0 Å². The number of methoxy groups -OCH3 is 1. The van der Waals surface area contributed by atoms with E-state index in [4.69, 9.17) is 9.47 Å². The number of imidazole rings is 1. The van der Waals surface area contributed by atoms with Crippen molar-refractivity contribution < 1.29 is 18.3 Å². The topological polar surface area (TPSA) is 61.5 Å². The number of hydrogen-bond donors (Lipinski definition) is 0. The van der Waals surface area contributed by atoms with Crippen LogP contribution < -0.4 is 9.47 Å². The number of ether oxygens (including phenoxy) is 2. The first-order valence-corrected chi connectivity index (χ1v) is 6.81. The second kappa shape index (κ2) is 5.79. The van der Waals surface area contributed by atoms with Crippen LogP contribution in [0.1, 0.15) is 6.92 Å². The Labute approximate surface area is 130 Å². The molecular formula is C15H14F2N4O2. The maximum atomic E-state index is 12.8. The predicted octanol–water partition coefficient (Wildman–Crippen LogP) is 2.83. The molecule has 0 aromatic carbocycles. The highest BCUT2D eigenvalue weighted by Gasteiger charge is 2.22. The summed E-state index contributed by atoms with van der Waals surface area (Å²) < 4.78 is 37.3. The van der Waals surface area contributed by atoms with Gasteiger partial charge in [0.2, 0.25) is 11.7 Å². The second-order valence-electron chi connectivity index (χ2n) is 5.04. The molecule has 3 rings (SSSR count). The van der Waals surface area contributed by atoms with Crippen LogP contribution in [-0.2, 0) is 0 Å². The molecule has 0 N–H and O–H groups in total. The first-order chi connectivity index (χ1) is 10.9. The smallest absolute Gasteiger partial charge is 0.278 e. The van der Waals surface area contributed by atoms with Crippen molar-refractivity contribution in [3.63, 3.8) is 0 Å². The first-order valence-electron chi connectivity index (χ1n) is 6.81. The summed E-state index contributed by atoms with van der Waals surface area (Å²) in [6.07, 6.45) is 4.93. The van der Waals surface area contributed by atoms with Crippen molar-refractivity contribution in [3.8, 4) is 23.0 Å². The van der Waals surface area contributed by atoms with Gasteiger partial charge in [-0.25, -0.2) is 13.8 Å². The standard InChI is InChI=1S/C15H14F2N4O2/c1-15(16,17)9-23-10-3-4-11(18-7-10)12-8-21-6-5-13(22-2)20-14(21)19-12/h3-8H,9H2,1-2H3. The molecule has 0 aliphatic carbocycles. The van der Waals surface area contributed by atoms with E-state index in [2.05, 4.69) is 15.0 Å². The van der Waals surface area contributed by atoms with Crippen LogP contribution in [0.5, 0.6) is 11.6 Å². The Kier molecular flexibility index (Phi) is 3.81. The molecule has 0 radical (unpaired) electrons. The van der Waals surface area contributed by atoms with E-state index in [0.29, 0.717) is 23.0 Å². The molecular weight excluding hydrogens is 306 g/mol. The minimum Gasteiger partial charge on any atom is -0.486 e. The molecule has 0 aliphatic heterocycles. The minimum atomic E-state index is -2.88. The van der Waals surface area contributed by atoms with Gasteiger partial charge in [0.25, 0.3) is 5.92 Å². The third kappa shape index (κ3) is 3.53. The number of pyridine rings is 1. The van der Waals surface area contributed by atoms with E-state index >= 15 is 0 Å². The lowest BCUT2D eigenvalue weighted by molar-refractivity contribution is -0.0230. The van der Waals surface area contributed by atoms with E-state index in [1.54, 1.807) is 35.0 Å². The summed E-state index contributed by atoms with van der Waals surface area (Å²) in [5, 5.41) is 0. The molecule has 6 nitrogen and oxygen atoms in total. The Hall–Kier alpha value is -2.77. The number of nitrogens with zero attached hydrogens (tertiary/aromatic N) is 4. The molecule has 0 unspecified atom stereocenters. The van der Waals surface area contributed by atoms with Gasteiger partial charge in [0.15, 0.2) is 6.61 Å². The number of hydrogen-bond acceptors (Lipinski definition) is 5. The van der Waals surface area contributed by atoms with Crippen LogP contribution in [0.25, 0.3) is 17.2 Å². The minimum absolute atomic E-state index is 0.277. The third-order valence-corrected chi connectivity index (χ3v) is 3.00. The van der Waals surface area contributed by atoms with Crippen LogP contribution in [0.4, 0.5) is 8.78 Å². The van der Waals surface area contributed by atoms with Gasteiger partial charge in [-0.05, 0) is 12.1 Å². The molecule has 0 saturated heterocycles. The largest absolute Gasteiger partial charge is 0.486 e. The zero-order valence-electron chi connectivity index (χ0n) is 12.5. The molecule has 0 aliphatic rings. The molecule has 0 fully saturated rings. The molecule has 0 bridgehead atoms. The van der Waals surface area contributed by atoms with Crippen molar-refractivity contribution in [1.29, 1.82) is 0 Å². The summed E-state index contributed by atoms with van der Waals surface area (Å²) in [7, 11) is 1.53. The third-order valence-electron chi connectivity index (χ3n) is 3.00. The molecule has 120 valence electrons. The molecule has 8 heteroatoms. The van der Waals surface area contributed by atoms with Crippen LogP contribution >= 0.6 is 0 Å². The first kappa shape index (κ1) is 15.1. The highest BCUT2D eigenvalue weighted by molar-refractivity contribution is 5.57. The van der Waals surface area contributed by atoms with Gasteiger partial charge < -0.3 is 9.47 Å². The molecule has 0 spiro atoms. The second-order valence-corrected chi connectivity index (χ2v) is 5.04. The van der Waals surface area contributed by atoms with E-state index in [-0.39, 0.29) is 5.75 Å². The summed E-state index contributed by atoms with van der Waals surface area (Å²) >= 11 is 0. The molecule has 3 aromatic rings. The van der Waals surface area contributed by atoms with Gasteiger partial charge in [0.05, 0.1) is 19.0 Å². The number of rotatable bonds is 5. The summed E-state index contributed by atoms with van der Waals surface area (Å²) in [6, 6.07) is 4.95. The fourth-order valence-electron chi connectivity index (χ4n) is 1.92. The fourth-order valence-corrected chi connectivity index (χ4v) is 1.92. The number of halogens is 2. The number of alkyl halides is 2. The Bertz CT molecular complexity index is 812. The maximum absolute atomic E-state index is 12.8. The van der Waals surface area contributed by atoms with Crippen molar-refractivity contribution in [2.75, 3.05) is 13.7 Å². The lowest BCUT2D eigenvalue weighted by atomic mass is 10.3. The van der Waals surface area contributed by atoms with Gasteiger partial charge in [-0.1, -0.05) is 0 Å². The number of aromatic nitrogens is 4. The van der Waals surface area contributed by atoms with Gasteiger partial charge >= 0.3 is 0 Å². The molecule has 0 saturated carbocycles. The van der Waals surface area contributed by atoms with Crippen LogP contribution in [-0.4, -0.2) is 39.0 Å². The zero-order valence-corrected chi connectivity index (χ0v) is 12.5. The van der Waals surface area contributed by atoms with Crippen LogP contribution in [0.2, 0.25) is 0 Å². The van der Waals surface area contributed by atoms with E-state index in [9.17, 15) is 8.78 Å². The summed E-state index contributed by atoms with van der Waals surface area (Å²) in [5.41, 5.74) is 1.20. The monoisotopic (exact) mass is 320 g/mol. The Morgan fingerprint density at radius 3 is 2.65 bits per heavy atom. The summed E-state index contributed by atoms with van der Waals surface area (Å²) in [4.78, 5) is 12.7. The quantitative estimate of drug-likeness (QED) is 0.723. The molecule has 3 heterocycles. The van der Waals surface area contributed by atoms with E-state index in [1.807, 2.05) is 0 Å². The molecule has 3 aromatic heterocycles. The zero-order chi connectivity index (χ0) is 16.4. The average molecular weight is 320 g/mol. The van der Waals surface area contributed by atoms with Crippen LogP contribution in [0, 0.1) is 0 Å². The van der Waals surface area contributed by atoms with Crippen molar-refractivity contribution in [2.45, 2.75) is 12.8 Å². The van der Waals surface area contributed by atoms with Crippen molar-refractivity contribution in [2.24, 2.45) is 0 Å². The molecule has 0 atom stereocenters. The maximum Gasteiger partial charge on any atom is 0.278 e. The molecule has 23 heavy (non-hydrogen) atoms. The predicted molar refractivity (Wildman–Crippen MR) is 78.9 cm³/mol. The highest BCUT2D eigenvalue weighted by Crippen LogP contribution is 2.21. The van der Waals surface area contributed by atoms with Gasteiger partial charge in [0.1, 0.15) is 11.4 Å². The normalized spacial score (nSPS) is 11.7. The number of fused-ring (bicyclic) bond motifs is 1. The lowest BCUT2D eigenvalue weighted by Crippen LogP contribution is -2.20. The highest BCUT2D eigenvalue weighted by atomic mass is 19.3. The summed E-state index contributed by atoms with van der Waals surface area (Å²) in [5.74, 6) is -1.66. The summed E-state index contributed by atoms with van der Waals surface area (Å²) in [6.45, 7) is 0.110. The van der Waals surface area contributed by atoms with Crippen molar-refractivity contribution >= 4 is 5.78 Å². The van der Waals surface area contributed by atoms with E-state index in [1.165, 1.54) is 13.3 Å². The Morgan fingerprint density at radius 1 is 1.17 bits per heavy atom. The SMILES string of the molecule is COc1ccn2cc(-c3ccc(OCC(C)(F)F)cn3)nc2n1. The van der Waals surface area contributed by atoms with Crippen LogP contribution in [0.3, 0.4) is 0 Å². The van der Waals surface area contributed by atoms with Gasteiger partial charge in [0, 0.05) is 25.4 Å². The van der Waals surface area contributed by atoms with Crippen molar-refractivity contribution in [1.82, 2.24) is 19.4 Å². The van der Waals surface area contributed by atoms with Crippen LogP contribution in [0.15, 0.2) is 36.8 Å². The van der Waals surface area contributed by atoms with Gasteiger partial charge in [-0.2, -0.15) is 4.98 Å². The lowest BCUT2D eigenvalue weighted by Gasteiger charge is -2.11. The fraction of sp³-hybridized carbons (Fsp3) is 0.267. The van der Waals surface area contributed by atoms with Crippen molar-refractivity contribution in [3.05, 3.63) is 36.8 Å². The Balaban J connectivity index is 1.81. The Morgan fingerprint density at radius 2 is 2.00 bits per heavy atom. The molecule has 0 amide bonds. The average Bonchev–Trinajstić information content (AvgIpc) is 2.95. The van der Waals surface area contributed by atoms with Gasteiger partial charge in [-0.3, -0.25) is 9.38 Å². The van der Waals surface area contributed by atoms with E-state index < -0.39 is 12.5 Å².